The summed E-state index contributed by atoms with van der Waals surface area (Å²) in [5.74, 6) is -2.07. The Morgan fingerprint density at radius 2 is 1.67 bits per heavy atom. The summed E-state index contributed by atoms with van der Waals surface area (Å²) in [5.41, 5.74) is 0.812. The normalized spacial score (nSPS) is 19.4. The second-order valence-electron chi connectivity index (χ2n) is 8.24. The van der Waals surface area contributed by atoms with E-state index in [0.29, 0.717) is 24.0 Å². The highest BCUT2D eigenvalue weighted by Crippen LogP contribution is 2.49. The maximum atomic E-state index is 13.6. The monoisotopic (exact) mass is 445 g/mol. The van der Waals surface area contributed by atoms with Gasteiger partial charge >= 0.3 is 6.03 Å². The number of imide groups is 2. The van der Waals surface area contributed by atoms with Crippen LogP contribution >= 0.6 is 0 Å². The van der Waals surface area contributed by atoms with Crippen LogP contribution in [0, 0.1) is 16.0 Å². The summed E-state index contributed by atoms with van der Waals surface area (Å²) < 4.78 is 0. The number of hydrogen-bond acceptors (Lipinski definition) is 5. The largest absolute Gasteiger partial charge is 0.332 e. The molecule has 1 unspecified atom stereocenters. The van der Waals surface area contributed by atoms with Gasteiger partial charge in [0.2, 0.25) is 0 Å². The number of benzene rings is 2. The highest BCUT2D eigenvalue weighted by molar-refractivity contribution is 6.24. The van der Waals surface area contributed by atoms with Crippen LogP contribution in [-0.2, 0) is 21.4 Å². The molecule has 0 saturated carbocycles. The number of amides is 4. The zero-order valence-corrected chi connectivity index (χ0v) is 18.4. The molecule has 0 bridgehead atoms. The van der Waals surface area contributed by atoms with Gasteiger partial charge in [-0.05, 0) is 41.2 Å². The predicted molar refractivity (Wildman–Crippen MR) is 122 cm³/mol. The molecule has 33 heavy (non-hydrogen) atoms. The van der Waals surface area contributed by atoms with E-state index in [1.807, 2.05) is 30.3 Å². The Balaban J connectivity index is 1.92. The minimum Gasteiger partial charge on any atom is -0.273 e. The Morgan fingerprint density at radius 3 is 2.24 bits per heavy atom. The summed E-state index contributed by atoms with van der Waals surface area (Å²) >= 11 is 0. The average Bonchev–Trinajstić information content (AvgIpc) is 2.84. The molecule has 1 fully saturated rings. The van der Waals surface area contributed by atoms with Gasteiger partial charge in [0.1, 0.15) is 0 Å². The minimum atomic E-state index is -1.75. The van der Waals surface area contributed by atoms with Crippen molar-refractivity contribution in [2.75, 3.05) is 14.1 Å². The van der Waals surface area contributed by atoms with Crippen LogP contribution in [0.1, 0.15) is 23.1 Å². The first-order valence-electron chi connectivity index (χ1n) is 10.5. The van der Waals surface area contributed by atoms with E-state index >= 15 is 0 Å². The van der Waals surface area contributed by atoms with Crippen LogP contribution in [0.2, 0.25) is 0 Å². The smallest absolute Gasteiger partial charge is 0.273 e. The van der Waals surface area contributed by atoms with Crippen molar-refractivity contribution < 1.29 is 19.3 Å². The van der Waals surface area contributed by atoms with Gasteiger partial charge in [-0.25, -0.2) is 4.79 Å². The Labute approximate surface area is 190 Å². The molecule has 2 aromatic rings. The van der Waals surface area contributed by atoms with E-state index < -0.39 is 34.1 Å². The average molecular weight is 445 g/mol. The van der Waals surface area contributed by atoms with Crippen molar-refractivity contribution in [3.8, 4) is 0 Å². The highest BCUT2D eigenvalue weighted by Gasteiger charge is 2.61. The topological polar surface area (TPSA) is 101 Å². The third kappa shape index (κ3) is 3.26. The fraction of sp³-hybridized carbons (Fsp3) is 0.240. The van der Waals surface area contributed by atoms with Crippen LogP contribution < -0.4 is 0 Å². The van der Waals surface area contributed by atoms with Gasteiger partial charge in [-0.15, -0.1) is 6.58 Å². The molecule has 4 amide bonds. The zero-order valence-electron chi connectivity index (χ0n) is 18.4. The molecule has 8 heteroatoms. The van der Waals surface area contributed by atoms with Crippen molar-refractivity contribution in [1.29, 1.82) is 0 Å². The number of fused-ring (bicyclic) bond motifs is 2. The molecule has 0 aromatic heterocycles. The van der Waals surface area contributed by atoms with Gasteiger partial charge in [0.25, 0.3) is 17.5 Å². The van der Waals surface area contributed by atoms with Gasteiger partial charge in [-0.1, -0.05) is 42.5 Å². The molecule has 1 saturated heterocycles. The lowest BCUT2D eigenvalue weighted by atomic mass is 9.61. The quantitative estimate of drug-likeness (QED) is 0.302. The van der Waals surface area contributed by atoms with E-state index in [4.69, 9.17) is 0 Å². The van der Waals surface area contributed by atoms with Crippen LogP contribution in [0.25, 0.3) is 5.57 Å². The lowest BCUT2D eigenvalue weighted by molar-refractivity contribution is -0.384. The van der Waals surface area contributed by atoms with Crippen LogP contribution in [0.15, 0.2) is 67.3 Å². The molecule has 2 aliphatic rings. The number of carbonyl (C=O) groups excluding carboxylic acids is 3. The zero-order chi connectivity index (χ0) is 23.9. The lowest BCUT2D eigenvalue weighted by Gasteiger charge is -2.47. The molecular formula is C25H23N3O5. The number of aryl methyl sites for hydroxylation is 1. The van der Waals surface area contributed by atoms with Gasteiger partial charge in [-0.2, -0.15) is 0 Å². The predicted octanol–water partition coefficient (Wildman–Crippen LogP) is 3.72. The number of hydrogen-bond donors (Lipinski definition) is 0. The number of carbonyl (C=O) groups is 3. The number of likely N-dealkylation sites (N-methyl/N-ethyl adjacent to an activating group) is 2. The molecule has 4 rings (SSSR count). The SMILES string of the molecule is C=CC1C=C(CCc2ccccc2)c2cc([N+](=O)[O-])ccc2C12C(=O)N(C)C(=O)N(C)C2=O. The van der Waals surface area contributed by atoms with Gasteiger partial charge in [0.15, 0.2) is 5.41 Å². The van der Waals surface area contributed by atoms with E-state index in [1.54, 1.807) is 6.08 Å². The first kappa shape index (κ1) is 22.1. The maximum Gasteiger partial charge on any atom is 0.332 e. The van der Waals surface area contributed by atoms with Gasteiger partial charge < -0.3 is 0 Å². The van der Waals surface area contributed by atoms with Crippen molar-refractivity contribution in [3.63, 3.8) is 0 Å². The summed E-state index contributed by atoms with van der Waals surface area (Å²) in [6.07, 6.45) is 4.53. The second kappa shape index (κ2) is 8.12. The molecule has 8 nitrogen and oxygen atoms in total. The molecule has 0 radical (unpaired) electrons. The van der Waals surface area contributed by atoms with Crippen LogP contribution in [0.5, 0.6) is 0 Å². The Bertz CT molecular complexity index is 1190. The number of urea groups is 1. The van der Waals surface area contributed by atoms with Gasteiger partial charge in [0, 0.05) is 32.1 Å². The van der Waals surface area contributed by atoms with E-state index in [1.165, 1.54) is 38.4 Å². The summed E-state index contributed by atoms with van der Waals surface area (Å²) in [5, 5.41) is 11.5. The molecular weight excluding hydrogens is 422 g/mol. The van der Waals surface area contributed by atoms with Crippen LogP contribution in [-0.4, -0.2) is 46.7 Å². The van der Waals surface area contributed by atoms with E-state index in [0.717, 1.165) is 20.9 Å². The van der Waals surface area contributed by atoms with E-state index in [-0.39, 0.29) is 5.69 Å². The molecule has 1 spiro atoms. The van der Waals surface area contributed by atoms with Crippen LogP contribution in [0.4, 0.5) is 10.5 Å². The summed E-state index contributed by atoms with van der Waals surface area (Å²) in [6, 6.07) is 13.2. The molecule has 1 aliphatic carbocycles. The van der Waals surface area contributed by atoms with E-state index in [9.17, 15) is 24.5 Å². The number of nitro benzene ring substituents is 1. The minimum absolute atomic E-state index is 0.139. The third-order valence-corrected chi connectivity index (χ3v) is 6.50. The van der Waals surface area contributed by atoms with Crippen LogP contribution in [0.3, 0.4) is 0 Å². The van der Waals surface area contributed by atoms with E-state index in [2.05, 4.69) is 6.58 Å². The number of barbiturate groups is 1. The fourth-order valence-electron chi connectivity index (χ4n) is 4.79. The maximum absolute atomic E-state index is 13.6. The van der Waals surface area contributed by atoms with Crippen molar-refractivity contribution >= 4 is 29.1 Å². The Hall–Kier alpha value is -4.07. The number of non-ortho nitro benzene ring substituents is 1. The molecule has 1 aliphatic heterocycles. The standard InChI is InChI=1S/C25H23N3O5/c1-4-18-14-17(11-10-16-8-6-5-7-9-16)20-15-19(28(32)33)12-13-21(20)25(18)22(29)26(2)24(31)27(3)23(25)30/h4-9,12-15,18H,1,10-11H2,2-3H3. The molecule has 1 atom stereocenters. The van der Waals surface area contributed by atoms with Crippen molar-refractivity contribution in [2.45, 2.75) is 18.3 Å². The van der Waals surface area contributed by atoms with Crippen molar-refractivity contribution in [3.05, 3.63) is 94.1 Å². The number of rotatable bonds is 5. The molecule has 1 heterocycles. The van der Waals surface area contributed by atoms with Crippen molar-refractivity contribution in [1.82, 2.24) is 9.80 Å². The van der Waals surface area contributed by atoms with Gasteiger partial charge in [0.05, 0.1) is 4.92 Å². The van der Waals surface area contributed by atoms with Crippen molar-refractivity contribution in [2.24, 2.45) is 5.92 Å². The summed E-state index contributed by atoms with van der Waals surface area (Å²) in [4.78, 5) is 52.4. The summed E-state index contributed by atoms with van der Waals surface area (Å²) in [7, 11) is 2.66. The number of nitro groups is 1. The Kier molecular flexibility index (Phi) is 5.45. The lowest BCUT2D eigenvalue weighted by Crippen LogP contribution is -2.68. The molecule has 0 N–H and O–H groups in total. The first-order chi connectivity index (χ1) is 15.7. The van der Waals surface area contributed by atoms with Gasteiger partial charge in [-0.3, -0.25) is 29.5 Å². The second-order valence-corrected chi connectivity index (χ2v) is 8.24. The number of nitrogens with zero attached hydrogens (tertiary/aromatic N) is 3. The summed E-state index contributed by atoms with van der Waals surface area (Å²) in [6.45, 7) is 3.86. The fourth-order valence-corrected chi connectivity index (χ4v) is 4.79. The molecule has 2 aromatic carbocycles. The third-order valence-electron chi connectivity index (χ3n) is 6.50. The Morgan fingerprint density at radius 1 is 1.03 bits per heavy atom. The first-order valence-corrected chi connectivity index (χ1v) is 10.5. The molecule has 168 valence electrons. The number of allylic oxidation sites excluding steroid dienone is 3. The highest BCUT2D eigenvalue weighted by atomic mass is 16.6.